The van der Waals surface area contributed by atoms with Gasteiger partial charge in [0.1, 0.15) is 12.4 Å². The molecule has 3 rings (SSSR count). The number of rotatable bonds is 6. The quantitative estimate of drug-likeness (QED) is 0.650. The number of likely N-dealkylation sites (N-methyl/N-ethyl adjacent to an activating group) is 1. The zero-order chi connectivity index (χ0) is 16.1. The van der Waals surface area contributed by atoms with E-state index in [4.69, 9.17) is 9.72 Å². The Balaban J connectivity index is 0.00000156. The molecule has 0 spiro atoms. The van der Waals surface area contributed by atoms with Crippen LogP contribution in [0.1, 0.15) is 44.4 Å². The van der Waals surface area contributed by atoms with E-state index in [9.17, 15) is 0 Å². The topological polar surface area (TPSA) is 25.4 Å². The fourth-order valence-corrected chi connectivity index (χ4v) is 3.49. The Bertz CT molecular complexity index is 659. The molecule has 0 radical (unpaired) electrons. The maximum Gasteiger partial charge on any atom is 0.133 e. The predicted octanol–water partition coefficient (Wildman–Crippen LogP) is 5.07. The largest absolute Gasteiger partial charge is 0.491 e. The molecule has 0 unspecified atom stereocenters. The van der Waals surface area contributed by atoms with Crippen LogP contribution in [0.5, 0.6) is 5.75 Å². The van der Waals surface area contributed by atoms with Crippen LogP contribution >= 0.6 is 24.8 Å². The van der Waals surface area contributed by atoms with E-state index in [0.717, 1.165) is 50.3 Å². The van der Waals surface area contributed by atoms with Crippen molar-refractivity contribution in [2.75, 3.05) is 26.2 Å². The Hall–Kier alpha value is -1.03. The monoisotopic (exact) mass is 384 g/mol. The average molecular weight is 385 g/mol. The molecule has 5 heteroatoms. The smallest absolute Gasteiger partial charge is 0.133 e. The Kier molecular flexibility index (Phi) is 9.55. The van der Waals surface area contributed by atoms with Crippen molar-refractivity contribution in [1.82, 2.24) is 9.88 Å². The van der Waals surface area contributed by atoms with Crippen LogP contribution in [0.4, 0.5) is 0 Å². The molecule has 25 heavy (non-hydrogen) atoms. The summed E-state index contributed by atoms with van der Waals surface area (Å²) >= 11 is 0. The zero-order valence-corrected chi connectivity index (χ0v) is 16.9. The first kappa shape index (κ1) is 22.0. The van der Waals surface area contributed by atoms with E-state index in [1.807, 2.05) is 0 Å². The van der Waals surface area contributed by atoms with Crippen LogP contribution in [-0.4, -0.2) is 36.1 Å². The molecule has 140 valence electrons. The number of ether oxygens (including phenoxy) is 1. The predicted molar refractivity (Wildman–Crippen MR) is 111 cm³/mol. The molecule has 0 aliphatic heterocycles. The van der Waals surface area contributed by atoms with Crippen LogP contribution in [0.3, 0.4) is 0 Å². The summed E-state index contributed by atoms with van der Waals surface area (Å²) in [6.45, 7) is 8.30. The van der Waals surface area contributed by atoms with Crippen LogP contribution in [-0.2, 0) is 12.8 Å². The van der Waals surface area contributed by atoms with E-state index in [1.54, 1.807) is 0 Å². The average Bonchev–Trinajstić information content (AvgIpc) is 2.83. The highest BCUT2D eigenvalue weighted by atomic mass is 35.5. The molecule has 0 amide bonds. The molecule has 0 fully saturated rings. The number of hydrogen-bond donors (Lipinski definition) is 0. The SMILES string of the molecule is CCN(CC)CCOc1c2c(nc3ccccc13)CCCCC2.Cl.Cl. The van der Waals surface area contributed by atoms with Gasteiger partial charge in [-0.25, -0.2) is 0 Å². The second-order valence-corrected chi connectivity index (χ2v) is 6.32. The molecule has 0 bridgehead atoms. The highest BCUT2D eigenvalue weighted by Crippen LogP contribution is 2.34. The van der Waals surface area contributed by atoms with E-state index in [1.165, 1.54) is 35.9 Å². The lowest BCUT2D eigenvalue weighted by Gasteiger charge is -2.20. The van der Waals surface area contributed by atoms with Crippen molar-refractivity contribution in [2.24, 2.45) is 0 Å². The van der Waals surface area contributed by atoms with Crippen LogP contribution < -0.4 is 4.74 Å². The first-order valence-corrected chi connectivity index (χ1v) is 9.09. The number of fused-ring (bicyclic) bond motifs is 2. The summed E-state index contributed by atoms with van der Waals surface area (Å²) in [6, 6.07) is 8.42. The summed E-state index contributed by atoms with van der Waals surface area (Å²) in [5, 5.41) is 1.17. The molecule has 1 heterocycles. The van der Waals surface area contributed by atoms with Gasteiger partial charge in [0.05, 0.1) is 5.52 Å². The third-order valence-electron chi connectivity index (χ3n) is 4.92. The highest BCUT2D eigenvalue weighted by molar-refractivity contribution is 5.87. The first-order valence-electron chi connectivity index (χ1n) is 9.09. The van der Waals surface area contributed by atoms with Gasteiger partial charge in [0.15, 0.2) is 0 Å². The molecule has 1 aliphatic rings. The number of benzene rings is 1. The molecule has 0 saturated heterocycles. The minimum Gasteiger partial charge on any atom is -0.491 e. The van der Waals surface area contributed by atoms with Gasteiger partial charge in [0.2, 0.25) is 0 Å². The number of hydrogen-bond acceptors (Lipinski definition) is 3. The van der Waals surface area contributed by atoms with Crippen molar-refractivity contribution in [2.45, 2.75) is 46.0 Å². The molecule has 1 aliphatic carbocycles. The van der Waals surface area contributed by atoms with E-state index < -0.39 is 0 Å². The van der Waals surface area contributed by atoms with Crippen molar-refractivity contribution in [1.29, 1.82) is 0 Å². The number of para-hydroxylation sites is 1. The maximum absolute atomic E-state index is 6.33. The van der Waals surface area contributed by atoms with Crippen molar-refractivity contribution >= 4 is 35.7 Å². The molecule has 1 aromatic heterocycles. The third kappa shape index (κ3) is 5.22. The van der Waals surface area contributed by atoms with Crippen molar-refractivity contribution in [3.05, 3.63) is 35.5 Å². The molecular formula is C20H30Cl2N2O. The summed E-state index contributed by atoms with van der Waals surface area (Å²) in [6.07, 6.45) is 5.99. The van der Waals surface area contributed by atoms with Crippen LogP contribution in [0.15, 0.2) is 24.3 Å². The first-order chi connectivity index (χ1) is 11.3. The normalized spacial score (nSPS) is 13.6. The lowest BCUT2D eigenvalue weighted by Crippen LogP contribution is -2.28. The highest BCUT2D eigenvalue weighted by Gasteiger charge is 2.18. The number of nitrogens with zero attached hydrogens (tertiary/aromatic N) is 2. The van der Waals surface area contributed by atoms with E-state index >= 15 is 0 Å². The summed E-state index contributed by atoms with van der Waals surface area (Å²) < 4.78 is 6.33. The van der Waals surface area contributed by atoms with Crippen LogP contribution in [0.2, 0.25) is 0 Å². The zero-order valence-electron chi connectivity index (χ0n) is 15.3. The molecular weight excluding hydrogens is 355 g/mol. The van der Waals surface area contributed by atoms with Crippen LogP contribution in [0, 0.1) is 0 Å². The number of pyridine rings is 1. The third-order valence-corrected chi connectivity index (χ3v) is 4.92. The second-order valence-electron chi connectivity index (χ2n) is 6.32. The van der Waals surface area contributed by atoms with Gasteiger partial charge in [-0.1, -0.05) is 32.4 Å². The summed E-state index contributed by atoms with van der Waals surface area (Å²) in [5.74, 6) is 1.10. The second kappa shape index (κ2) is 10.8. The molecule has 2 aromatic rings. The molecule has 0 atom stereocenters. The lowest BCUT2D eigenvalue weighted by atomic mass is 10.0. The van der Waals surface area contributed by atoms with E-state index in [0.29, 0.717) is 0 Å². The Labute approximate surface area is 164 Å². The Morgan fingerprint density at radius 1 is 1.00 bits per heavy atom. The summed E-state index contributed by atoms with van der Waals surface area (Å²) in [5.41, 5.74) is 3.70. The van der Waals surface area contributed by atoms with Crippen molar-refractivity contribution < 1.29 is 4.74 Å². The van der Waals surface area contributed by atoms with Gasteiger partial charge in [-0.05, 0) is 50.9 Å². The fourth-order valence-electron chi connectivity index (χ4n) is 3.49. The van der Waals surface area contributed by atoms with E-state index in [2.05, 4.69) is 43.0 Å². The summed E-state index contributed by atoms with van der Waals surface area (Å²) in [7, 11) is 0. The van der Waals surface area contributed by atoms with Gasteiger partial charge in [0, 0.05) is 23.2 Å². The maximum atomic E-state index is 6.33. The van der Waals surface area contributed by atoms with Gasteiger partial charge in [-0.3, -0.25) is 4.98 Å². The number of halogens is 2. The Morgan fingerprint density at radius 2 is 1.72 bits per heavy atom. The van der Waals surface area contributed by atoms with Gasteiger partial charge in [-0.2, -0.15) is 0 Å². The fraction of sp³-hybridized carbons (Fsp3) is 0.550. The summed E-state index contributed by atoms with van der Waals surface area (Å²) in [4.78, 5) is 7.33. The van der Waals surface area contributed by atoms with Gasteiger partial charge < -0.3 is 9.64 Å². The molecule has 1 aromatic carbocycles. The van der Waals surface area contributed by atoms with Gasteiger partial charge in [-0.15, -0.1) is 24.8 Å². The van der Waals surface area contributed by atoms with Gasteiger partial charge >= 0.3 is 0 Å². The lowest BCUT2D eigenvalue weighted by molar-refractivity contribution is 0.223. The molecule has 0 N–H and O–H groups in total. The van der Waals surface area contributed by atoms with Gasteiger partial charge in [0.25, 0.3) is 0 Å². The standard InChI is InChI=1S/C20H28N2O.2ClH/c1-3-22(4-2)14-15-23-20-16-10-6-5-7-12-18(16)21-19-13-9-8-11-17(19)20;;/h8-9,11,13H,3-7,10,12,14-15H2,1-2H3;2*1H. The van der Waals surface area contributed by atoms with Crippen molar-refractivity contribution in [3.8, 4) is 5.75 Å². The van der Waals surface area contributed by atoms with Crippen molar-refractivity contribution in [3.63, 3.8) is 0 Å². The molecule has 0 saturated carbocycles. The Morgan fingerprint density at radius 3 is 2.48 bits per heavy atom. The number of aryl methyl sites for hydroxylation is 1. The minimum atomic E-state index is 0. The molecule has 3 nitrogen and oxygen atoms in total. The van der Waals surface area contributed by atoms with E-state index in [-0.39, 0.29) is 24.8 Å². The van der Waals surface area contributed by atoms with Crippen LogP contribution in [0.25, 0.3) is 10.9 Å². The minimum absolute atomic E-state index is 0. The number of aromatic nitrogens is 1.